The molecule has 0 aliphatic rings. The van der Waals surface area contributed by atoms with Crippen molar-refractivity contribution in [3.8, 4) is 0 Å². The number of anilines is 2. The van der Waals surface area contributed by atoms with Crippen LogP contribution in [0.3, 0.4) is 0 Å². The van der Waals surface area contributed by atoms with Gasteiger partial charge in [-0.05, 0) is 26.0 Å². The fourth-order valence-corrected chi connectivity index (χ4v) is 2.33. The molecule has 0 unspecified atom stereocenters. The lowest BCUT2D eigenvalue weighted by molar-refractivity contribution is 1.22. The Kier molecular flexibility index (Phi) is 3.35. The van der Waals surface area contributed by atoms with E-state index in [-0.39, 0.29) is 4.99 Å². The van der Waals surface area contributed by atoms with Gasteiger partial charge in [0.25, 0.3) is 0 Å². The number of hydrogen-bond acceptors (Lipinski definition) is 5. The molecule has 0 fully saturated rings. The molecule has 0 aliphatic heterocycles. The Morgan fingerprint density at radius 3 is 2.82 bits per heavy atom. The highest BCUT2D eigenvalue weighted by Gasteiger charge is 2.09. The van der Waals surface area contributed by atoms with E-state index < -0.39 is 0 Å². The number of thiocarbonyl (C=S) groups is 1. The molecule has 0 atom stereocenters. The number of thiazole rings is 1. The molecule has 0 amide bonds. The zero-order valence-electron chi connectivity index (χ0n) is 9.52. The van der Waals surface area contributed by atoms with E-state index in [1.54, 1.807) is 17.5 Å². The topological polar surface area (TPSA) is 63.8 Å². The Balaban J connectivity index is 2.33. The number of aryl methyl sites for hydroxylation is 2. The van der Waals surface area contributed by atoms with Gasteiger partial charge >= 0.3 is 0 Å². The average Bonchev–Trinajstić information content (AvgIpc) is 2.58. The second kappa shape index (κ2) is 4.77. The first kappa shape index (κ1) is 11.9. The molecular weight excluding hydrogens is 252 g/mol. The van der Waals surface area contributed by atoms with Gasteiger partial charge in [-0.3, -0.25) is 4.98 Å². The van der Waals surface area contributed by atoms with E-state index in [2.05, 4.69) is 15.3 Å². The molecule has 0 saturated carbocycles. The summed E-state index contributed by atoms with van der Waals surface area (Å²) >= 11 is 6.55. The minimum atomic E-state index is 0.276. The van der Waals surface area contributed by atoms with Crippen LogP contribution >= 0.6 is 23.6 Å². The summed E-state index contributed by atoms with van der Waals surface area (Å²) < 4.78 is 0. The van der Waals surface area contributed by atoms with E-state index >= 15 is 0 Å². The highest BCUT2D eigenvalue weighted by atomic mass is 32.1. The quantitative estimate of drug-likeness (QED) is 0.834. The number of nitrogens with one attached hydrogen (secondary N) is 1. The number of nitrogens with two attached hydrogens (primary N) is 1. The maximum absolute atomic E-state index is 5.62. The summed E-state index contributed by atoms with van der Waals surface area (Å²) in [5.74, 6) is 0. The Labute approximate surface area is 109 Å². The maximum atomic E-state index is 5.62. The van der Waals surface area contributed by atoms with Crippen LogP contribution in [0.15, 0.2) is 18.3 Å². The fourth-order valence-electron chi connectivity index (χ4n) is 1.34. The standard InChI is InChI=1S/C11H12N4S2/c1-6-7(2)17-11(14-6)15-8-4-3-5-13-9(8)10(12)16/h3-5H,1-2H3,(H2,12,16)(H,14,15). The van der Waals surface area contributed by atoms with Gasteiger partial charge in [0.2, 0.25) is 0 Å². The van der Waals surface area contributed by atoms with Crippen molar-refractivity contribution < 1.29 is 0 Å². The van der Waals surface area contributed by atoms with Crippen molar-refractivity contribution in [1.82, 2.24) is 9.97 Å². The summed E-state index contributed by atoms with van der Waals surface area (Å²) in [6, 6.07) is 3.71. The Bertz CT molecular complexity index is 543. The van der Waals surface area contributed by atoms with Crippen LogP contribution in [0.1, 0.15) is 16.3 Å². The molecule has 2 rings (SSSR count). The van der Waals surface area contributed by atoms with Gasteiger partial charge in [0.15, 0.2) is 5.13 Å². The minimum absolute atomic E-state index is 0.276. The second-order valence-corrected chi connectivity index (χ2v) is 5.19. The first-order valence-corrected chi connectivity index (χ1v) is 6.26. The van der Waals surface area contributed by atoms with E-state index in [0.717, 1.165) is 16.5 Å². The molecule has 3 N–H and O–H groups in total. The van der Waals surface area contributed by atoms with Gasteiger partial charge < -0.3 is 11.1 Å². The van der Waals surface area contributed by atoms with Gasteiger partial charge in [-0.2, -0.15) is 0 Å². The smallest absolute Gasteiger partial charge is 0.187 e. The molecule has 0 saturated heterocycles. The summed E-state index contributed by atoms with van der Waals surface area (Å²) in [4.78, 5) is 10.0. The largest absolute Gasteiger partial charge is 0.388 e. The number of pyridine rings is 1. The van der Waals surface area contributed by atoms with Crippen LogP contribution in [0, 0.1) is 13.8 Å². The van der Waals surface area contributed by atoms with Crippen molar-refractivity contribution in [1.29, 1.82) is 0 Å². The molecule has 0 radical (unpaired) electrons. The number of aromatic nitrogens is 2. The zero-order valence-corrected chi connectivity index (χ0v) is 11.2. The van der Waals surface area contributed by atoms with Gasteiger partial charge in [0.1, 0.15) is 10.7 Å². The highest BCUT2D eigenvalue weighted by Crippen LogP contribution is 2.25. The molecule has 17 heavy (non-hydrogen) atoms. The van der Waals surface area contributed by atoms with E-state index in [1.165, 1.54) is 4.88 Å². The minimum Gasteiger partial charge on any atom is -0.388 e. The van der Waals surface area contributed by atoms with Crippen molar-refractivity contribution in [2.45, 2.75) is 13.8 Å². The van der Waals surface area contributed by atoms with E-state index in [0.29, 0.717) is 5.69 Å². The van der Waals surface area contributed by atoms with Crippen LogP contribution in [0.4, 0.5) is 10.8 Å². The Hall–Kier alpha value is -1.53. The number of nitrogens with zero attached hydrogens (tertiary/aromatic N) is 2. The third-order valence-corrected chi connectivity index (χ3v) is 3.49. The Morgan fingerprint density at radius 1 is 1.47 bits per heavy atom. The lowest BCUT2D eigenvalue weighted by Gasteiger charge is -2.06. The first-order valence-electron chi connectivity index (χ1n) is 5.04. The van der Waals surface area contributed by atoms with Crippen molar-refractivity contribution in [3.63, 3.8) is 0 Å². The van der Waals surface area contributed by atoms with Crippen molar-refractivity contribution in [3.05, 3.63) is 34.6 Å². The lowest BCUT2D eigenvalue weighted by Crippen LogP contribution is -2.13. The van der Waals surface area contributed by atoms with Crippen LogP contribution < -0.4 is 11.1 Å². The maximum Gasteiger partial charge on any atom is 0.187 e. The van der Waals surface area contributed by atoms with Crippen LogP contribution in [0.2, 0.25) is 0 Å². The van der Waals surface area contributed by atoms with Crippen molar-refractivity contribution >= 4 is 39.4 Å². The summed E-state index contributed by atoms with van der Waals surface area (Å²) in [6.45, 7) is 4.02. The lowest BCUT2D eigenvalue weighted by atomic mass is 10.3. The molecule has 2 aromatic rings. The predicted octanol–water partition coefficient (Wildman–Crippen LogP) is 2.53. The van der Waals surface area contributed by atoms with Gasteiger partial charge in [-0.1, -0.05) is 12.2 Å². The monoisotopic (exact) mass is 264 g/mol. The molecular formula is C11H12N4S2. The van der Waals surface area contributed by atoms with Gasteiger partial charge in [0, 0.05) is 11.1 Å². The van der Waals surface area contributed by atoms with Crippen LogP contribution in [0.5, 0.6) is 0 Å². The fraction of sp³-hybridized carbons (Fsp3) is 0.182. The molecule has 4 nitrogen and oxygen atoms in total. The predicted molar refractivity (Wildman–Crippen MR) is 75.0 cm³/mol. The first-order chi connectivity index (χ1) is 8.08. The van der Waals surface area contributed by atoms with Gasteiger partial charge in [-0.15, -0.1) is 11.3 Å². The third kappa shape index (κ3) is 2.59. The van der Waals surface area contributed by atoms with Gasteiger partial charge in [0.05, 0.1) is 11.4 Å². The molecule has 0 aliphatic carbocycles. The SMILES string of the molecule is Cc1nc(Nc2cccnc2C(N)=S)sc1C. The van der Waals surface area contributed by atoms with Gasteiger partial charge in [-0.25, -0.2) is 4.98 Å². The Morgan fingerprint density at radius 2 is 2.24 bits per heavy atom. The molecule has 0 bridgehead atoms. The average molecular weight is 264 g/mol. The number of rotatable bonds is 3. The highest BCUT2D eigenvalue weighted by molar-refractivity contribution is 7.80. The molecule has 0 aromatic carbocycles. The second-order valence-electron chi connectivity index (χ2n) is 3.55. The summed E-state index contributed by atoms with van der Waals surface area (Å²) in [7, 11) is 0. The van der Waals surface area contributed by atoms with Crippen LogP contribution in [-0.4, -0.2) is 15.0 Å². The van der Waals surface area contributed by atoms with Crippen LogP contribution in [0.25, 0.3) is 0 Å². The molecule has 2 aromatic heterocycles. The summed E-state index contributed by atoms with van der Waals surface area (Å²) in [6.07, 6.45) is 1.66. The van der Waals surface area contributed by atoms with E-state index in [1.807, 2.05) is 26.0 Å². The molecule has 2 heterocycles. The summed E-state index contributed by atoms with van der Waals surface area (Å²) in [5, 5.41) is 4.02. The molecule has 6 heteroatoms. The number of hydrogen-bond donors (Lipinski definition) is 2. The van der Waals surface area contributed by atoms with Crippen molar-refractivity contribution in [2.24, 2.45) is 5.73 Å². The van der Waals surface area contributed by atoms with Crippen LogP contribution in [-0.2, 0) is 0 Å². The third-order valence-electron chi connectivity index (χ3n) is 2.31. The normalized spacial score (nSPS) is 10.2. The zero-order chi connectivity index (χ0) is 12.4. The van der Waals surface area contributed by atoms with E-state index in [9.17, 15) is 0 Å². The molecule has 88 valence electrons. The van der Waals surface area contributed by atoms with Crippen molar-refractivity contribution in [2.75, 3.05) is 5.32 Å². The molecule has 0 spiro atoms. The van der Waals surface area contributed by atoms with E-state index in [4.69, 9.17) is 18.0 Å². The summed E-state index contributed by atoms with van der Waals surface area (Å²) in [5.41, 5.74) is 8.02.